The van der Waals surface area contributed by atoms with Crippen LogP contribution in [0.4, 0.5) is 4.79 Å². The lowest BCUT2D eigenvalue weighted by Gasteiger charge is -2.31. The molecule has 1 aliphatic heterocycles. The van der Waals surface area contributed by atoms with Gasteiger partial charge in [-0.05, 0) is 47.2 Å². The smallest absolute Gasteiger partial charge is 0.315 e. The summed E-state index contributed by atoms with van der Waals surface area (Å²) >= 11 is 0. The van der Waals surface area contributed by atoms with Gasteiger partial charge in [-0.1, -0.05) is 60.7 Å². The third-order valence-corrected chi connectivity index (χ3v) is 6.41. The summed E-state index contributed by atoms with van der Waals surface area (Å²) in [5.41, 5.74) is 1.83. The fraction of sp³-hybridized carbons (Fsp3) is 0.259. The van der Waals surface area contributed by atoms with Crippen molar-refractivity contribution in [2.24, 2.45) is 5.92 Å². The molecule has 5 rings (SSSR count). The highest BCUT2D eigenvalue weighted by atomic mass is 16.3. The molecule has 0 spiro atoms. The Morgan fingerprint density at radius 2 is 1.61 bits per heavy atom. The first kappa shape index (κ1) is 21.1. The highest BCUT2D eigenvalue weighted by Crippen LogP contribution is 2.23. The Labute approximate surface area is 192 Å². The number of fused-ring (bicyclic) bond motifs is 2. The summed E-state index contributed by atoms with van der Waals surface area (Å²) in [4.78, 5) is 27.0. The van der Waals surface area contributed by atoms with Crippen molar-refractivity contribution in [1.82, 2.24) is 15.5 Å². The van der Waals surface area contributed by atoms with Crippen LogP contribution in [0, 0.1) is 5.92 Å². The minimum absolute atomic E-state index is 0.0644. The summed E-state index contributed by atoms with van der Waals surface area (Å²) in [5, 5.41) is 9.22. The van der Waals surface area contributed by atoms with Crippen LogP contribution in [0.25, 0.3) is 21.7 Å². The maximum atomic E-state index is 12.8. The van der Waals surface area contributed by atoms with Crippen LogP contribution in [0.2, 0.25) is 0 Å². The van der Waals surface area contributed by atoms with Crippen molar-refractivity contribution < 1.29 is 14.0 Å². The number of carbonyl (C=O) groups is 2. The molecule has 1 saturated heterocycles. The minimum atomic E-state index is -0.163. The number of nitrogens with one attached hydrogen (secondary N) is 2. The molecule has 0 atom stereocenters. The van der Waals surface area contributed by atoms with E-state index >= 15 is 0 Å². The van der Waals surface area contributed by atoms with E-state index in [0.29, 0.717) is 37.9 Å². The highest BCUT2D eigenvalue weighted by molar-refractivity contribution is 5.96. The largest absolute Gasteiger partial charge is 0.451 e. The van der Waals surface area contributed by atoms with E-state index in [1.807, 2.05) is 59.5 Å². The van der Waals surface area contributed by atoms with Gasteiger partial charge in [0.15, 0.2) is 5.76 Å². The fourth-order valence-corrected chi connectivity index (χ4v) is 4.50. The zero-order valence-corrected chi connectivity index (χ0v) is 18.4. The molecule has 168 valence electrons. The van der Waals surface area contributed by atoms with E-state index in [0.717, 1.165) is 34.8 Å². The van der Waals surface area contributed by atoms with Crippen LogP contribution in [0.1, 0.15) is 29.0 Å². The predicted octanol–water partition coefficient (Wildman–Crippen LogP) is 4.94. The van der Waals surface area contributed by atoms with E-state index in [1.54, 1.807) is 0 Å². The quantitative estimate of drug-likeness (QED) is 0.461. The van der Waals surface area contributed by atoms with Gasteiger partial charge in [0, 0.05) is 31.6 Å². The number of urea groups is 1. The van der Waals surface area contributed by atoms with Crippen LogP contribution < -0.4 is 10.6 Å². The Kier molecular flexibility index (Phi) is 5.98. The number of carbonyl (C=O) groups excluding carboxylic acids is 2. The zero-order chi connectivity index (χ0) is 22.6. The molecule has 1 aliphatic rings. The summed E-state index contributed by atoms with van der Waals surface area (Å²) in [7, 11) is 0. The van der Waals surface area contributed by atoms with Gasteiger partial charge in [0.1, 0.15) is 5.58 Å². The third kappa shape index (κ3) is 4.70. The fourth-order valence-electron chi connectivity index (χ4n) is 4.50. The Bertz CT molecular complexity index is 1250. The number of benzene rings is 3. The highest BCUT2D eigenvalue weighted by Gasteiger charge is 2.26. The molecular weight excluding hydrogens is 414 g/mol. The van der Waals surface area contributed by atoms with Crippen molar-refractivity contribution in [3.05, 3.63) is 84.1 Å². The van der Waals surface area contributed by atoms with Gasteiger partial charge in [0.25, 0.3) is 5.91 Å². The van der Waals surface area contributed by atoms with Crippen molar-refractivity contribution in [2.45, 2.75) is 19.4 Å². The van der Waals surface area contributed by atoms with Gasteiger partial charge in [-0.15, -0.1) is 0 Å². The molecule has 1 aromatic heterocycles. The molecule has 2 heterocycles. The van der Waals surface area contributed by atoms with Gasteiger partial charge in [-0.3, -0.25) is 4.79 Å². The monoisotopic (exact) mass is 441 g/mol. The first-order valence-electron chi connectivity index (χ1n) is 11.4. The topological polar surface area (TPSA) is 74.6 Å². The van der Waals surface area contributed by atoms with Gasteiger partial charge >= 0.3 is 6.03 Å². The van der Waals surface area contributed by atoms with Crippen molar-refractivity contribution in [1.29, 1.82) is 0 Å². The normalized spacial score (nSPS) is 14.5. The molecule has 1 fully saturated rings. The van der Waals surface area contributed by atoms with Gasteiger partial charge in [0.05, 0.1) is 0 Å². The van der Waals surface area contributed by atoms with E-state index in [2.05, 4.69) is 28.8 Å². The summed E-state index contributed by atoms with van der Waals surface area (Å²) in [6.07, 6.45) is 1.71. The lowest BCUT2D eigenvalue weighted by Crippen LogP contribution is -2.43. The van der Waals surface area contributed by atoms with Crippen molar-refractivity contribution in [2.75, 3.05) is 19.6 Å². The summed E-state index contributed by atoms with van der Waals surface area (Å²) in [6.45, 7) is 2.42. The number of hydrogen-bond acceptors (Lipinski definition) is 3. The standard InChI is InChI=1S/C27H27N3O3/c31-26(25-16-21-7-2-4-11-24(21)33-25)30-14-12-19(13-15-30)17-28-27(32)29-18-22-9-5-8-20-6-1-3-10-23(20)22/h1-11,16,19H,12-15,17-18H2,(H2,28,29,32). The Morgan fingerprint density at radius 3 is 2.42 bits per heavy atom. The van der Waals surface area contributed by atoms with Crippen LogP contribution in [0.3, 0.4) is 0 Å². The average Bonchev–Trinajstić information content (AvgIpc) is 3.30. The van der Waals surface area contributed by atoms with E-state index in [-0.39, 0.29) is 11.9 Å². The zero-order valence-electron chi connectivity index (χ0n) is 18.4. The minimum Gasteiger partial charge on any atom is -0.451 e. The van der Waals surface area contributed by atoms with Gasteiger partial charge in [0.2, 0.25) is 0 Å². The lowest BCUT2D eigenvalue weighted by molar-refractivity contribution is 0.0661. The maximum absolute atomic E-state index is 12.8. The number of furan rings is 1. The number of hydrogen-bond donors (Lipinski definition) is 2. The molecule has 3 amide bonds. The molecule has 0 unspecified atom stereocenters. The number of nitrogens with zero attached hydrogens (tertiary/aromatic N) is 1. The second-order valence-electron chi connectivity index (χ2n) is 8.59. The Morgan fingerprint density at radius 1 is 0.879 bits per heavy atom. The van der Waals surface area contributed by atoms with Gasteiger partial charge in [-0.2, -0.15) is 0 Å². The molecule has 0 bridgehead atoms. The van der Waals surface area contributed by atoms with Crippen molar-refractivity contribution in [3.8, 4) is 0 Å². The van der Waals surface area contributed by atoms with Crippen LogP contribution in [0.15, 0.2) is 77.2 Å². The maximum Gasteiger partial charge on any atom is 0.315 e. The summed E-state index contributed by atoms with van der Waals surface area (Å²) in [6, 6.07) is 23.6. The molecule has 0 radical (unpaired) electrons. The summed E-state index contributed by atoms with van der Waals surface area (Å²) < 4.78 is 5.72. The molecule has 33 heavy (non-hydrogen) atoms. The molecular formula is C27H27N3O3. The van der Waals surface area contributed by atoms with Crippen LogP contribution in [0.5, 0.6) is 0 Å². The molecule has 6 nitrogen and oxygen atoms in total. The summed E-state index contributed by atoms with van der Waals surface area (Å²) in [5.74, 6) is 0.680. The van der Waals surface area contributed by atoms with Crippen LogP contribution in [-0.2, 0) is 6.54 Å². The second kappa shape index (κ2) is 9.36. The predicted molar refractivity (Wildman–Crippen MR) is 129 cm³/mol. The number of piperidine rings is 1. The third-order valence-electron chi connectivity index (χ3n) is 6.41. The number of likely N-dealkylation sites (tertiary alicyclic amines) is 1. The SMILES string of the molecule is O=C(NCc1cccc2ccccc12)NCC1CCN(C(=O)c2cc3ccccc3o2)CC1. The Balaban J connectivity index is 1.08. The molecule has 3 aromatic carbocycles. The molecule has 0 saturated carbocycles. The van der Waals surface area contributed by atoms with Crippen molar-refractivity contribution in [3.63, 3.8) is 0 Å². The lowest BCUT2D eigenvalue weighted by atomic mass is 9.96. The number of amides is 3. The molecule has 0 aliphatic carbocycles. The molecule has 6 heteroatoms. The van der Waals surface area contributed by atoms with E-state index < -0.39 is 0 Å². The number of para-hydroxylation sites is 1. The van der Waals surface area contributed by atoms with E-state index in [4.69, 9.17) is 4.42 Å². The first-order valence-corrected chi connectivity index (χ1v) is 11.4. The van der Waals surface area contributed by atoms with Crippen LogP contribution >= 0.6 is 0 Å². The van der Waals surface area contributed by atoms with E-state index in [1.165, 1.54) is 5.39 Å². The first-order chi connectivity index (χ1) is 16.2. The molecule has 2 N–H and O–H groups in total. The number of rotatable bonds is 5. The molecule has 4 aromatic rings. The van der Waals surface area contributed by atoms with Crippen LogP contribution in [-0.4, -0.2) is 36.5 Å². The van der Waals surface area contributed by atoms with Gasteiger partial charge < -0.3 is 20.0 Å². The van der Waals surface area contributed by atoms with Gasteiger partial charge in [-0.25, -0.2) is 4.79 Å². The average molecular weight is 442 g/mol. The van der Waals surface area contributed by atoms with Crippen molar-refractivity contribution >= 4 is 33.7 Å². The Hall–Kier alpha value is -3.80. The second-order valence-corrected chi connectivity index (χ2v) is 8.59. The van der Waals surface area contributed by atoms with E-state index in [9.17, 15) is 9.59 Å².